The summed E-state index contributed by atoms with van der Waals surface area (Å²) in [5.41, 5.74) is 0.607. The van der Waals surface area contributed by atoms with Crippen LogP contribution in [0.4, 0.5) is 0 Å². The lowest BCUT2D eigenvalue weighted by Crippen LogP contribution is -2.31. The van der Waals surface area contributed by atoms with E-state index in [1.807, 2.05) is 0 Å². The molecule has 1 unspecified atom stereocenters. The van der Waals surface area contributed by atoms with Gasteiger partial charge in [-0.05, 0) is 52.3 Å². The first-order valence-corrected chi connectivity index (χ1v) is 8.80. The highest BCUT2D eigenvalue weighted by atomic mass is 79.9. The van der Waals surface area contributed by atoms with Crippen LogP contribution in [-0.4, -0.2) is 29.2 Å². The molecule has 0 fully saturated rings. The quantitative estimate of drug-likeness (QED) is 0.569. The fourth-order valence-electron chi connectivity index (χ4n) is 2.72. The van der Waals surface area contributed by atoms with Gasteiger partial charge in [-0.2, -0.15) is 5.10 Å². The Morgan fingerprint density at radius 3 is 2.67 bits per heavy atom. The van der Waals surface area contributed by atoms with Gasteiger partial charge in [0.15, 0.2) is 11.3 Å². The average Bonchev–Trinajstić information content (AvgIpc) is 3.45. The Morgan fingerprint density at radius 2 is 2.00 bits per heavy atom. The number of carbonyl (C=O) groups is 2. The standard InChI is InChI=1S/C18H13BrN2O6/c19-16-6-5-15(27-16)18(23)26-10-17(22)21-12(14-4-2-8-25-14)9-11(20-21)13-3-1-7-24-13/h1-8,12H,9-10H2. The Labute approximate surface area is 161 Å². The van der Waals surface area contributed by atoms with Crippen molar-refractivity contribution in [3.63, 3.8) is 0 Å². The van der Waals surface area contributed by atoms with Gasteiger partial charge in [0.1, 0.15) is 23.3 Å². The molecule has 4 heterocycles. The van der Waals surface area contributed by atoms with Crippen molar-refractivity contribution in [1.82, 2.24) is 5.01 Å². The van der Waals surface area contributed by atoms with Crippen LogP contribution in [-0.2, 0) is 9.53 Å². The Balaban J connectivity index is 1.49. The van der Waals surface area contributed by atoms with Crippen LogP contribution in [0.25, 0.3) is 0 Å². The van der Waals surface area contributed by atoms with Crippen LogP contribution in [0.3, 0.4) is 0 Å². The predicted molar refractivity (Wildman–Crippen MR) is 94.8 cm³/mol. The van der Waals surface area contributed by atoms with E-state index in [1.165, 1.54) is 23.6 Å². The summed E-state index contributed by atoms with van der Waals surface area (Å²) in [6.07, 6.45) is 3.48. The lowest BCUT2D eigenvalue weighted by molar-refractivity contribution is -0.136. The molecule has 27 heavy (non-hydrogen) atoms. The van der Waals surface area contributed by atoms with Gasteiger partial charge in [0.25, 0.3) is 5.91 Å². The molecule has 0 radical (unpaired) electrons. The number of ether oxygens (including phenoxy) is 1. The zero-order valence-corrected chi connectivity index (χ0v) is 15.4. The number of nitrogens with zero attached hydrogens (tertiary/aromatic N) is 2. The summed E-state index contributed by atoms with van der Waals surface area (Å²) >= 11 is 3.10. The van der Waals surface area contributed by atoms with E-state index in [0.717, 1.165) is 0 Å². The SMILES string of the molecule is O=C(OCC(=O)N1N=C(c2ccco2)CC1c1ccco1)c1ccc(Br)o1. The fraction of sp³-hybridized carbons (Fsp3) is 0.167. The number of amides is 1. The second kappa shape index (κ2) is 7.28. The summed E-state index contributed by atoms with van der Waals surface area (Å²) in [5, 5.41) is 5.60. The van der Waals surface area contributed by atoms with E-state index in [-0.39, 0.29) is 5.76 Å². The van der Waals surface area contributed by atoms with E-state index in [9.17, 15) is 9.59 Å². The Kier molecular flexibility index (Phi) is 4.68. The molecule has 8 nitrogen and oxygen atoms in total. The molecule has 0 saturated carbocycles. The largest absolute Gasteiger partial charge is 0.467 e. The van der Waals surface area contributed by atoms with Gasteiger partial charge in [-0.25, -0.2) is 9.80 Å². The molecule has 9 heteroatoms. The minimum Gasteiger partial charge on any atom is -0.467 e. The molecule has 4 rings (SSSR count). The van der Waals surface area contributed by atoms with Gasteiger partial charge in [-0.3, -0.25) is 4.79 Å². The lowest BCUT2D eigenvalue weighted by atomic mass is 10.1. The molecule has 0 bridgehead atoms. The number of carbonyl (C=O) groups excluding carboxylic acids is 2. The van der Waals surface area contributed by atoms with Crippen molar-refractivity contribution in [2.24, 2.45) is 5.10 Å². The van der Waals surface area contributed by atoms with Crippen molar-refractivity contribution >= 4 is 33.5 Å². The summed E-state index contributed by atoms with van der Waals surface area (Å²) < 4.78 is 21.3. The second-order valence-electron chi connectivity index (χ2n) is 5.68. The molecule has 0 saturated heterocycles. The molecule has 1 aliphatic rings. The summed E-state index contributed by atoms with van der Waals surface area (Å²) in [7, 11) is 0. The highest BCUT2D eigenvalue weighted by Gasteiger charge is 2.36. The van der Waals surface area contributed by atoms with Crippen molar-refractivity contribution in [3.8, 4) is 0 Å². The van der Waals surface area contributed by atoms with E-state index >= 15 is 0 Å². The zero-order chi connectivity index (χ0) is 18.8. The van der Waals surface area contributed by atoms with Crippen LogP contribution in [0.1, 0.15) is 34.5 Å². The van der Waals surface area contributed by atoms with Crippen molar-refractivity contribution in [3.05, 3.63) is 70.9 Å². The van der Waals surface area contributed by atoms with Crippen LogP contribution in [0.2, 0.25) is 0 Å². The van der Waals surface area contributed by atoms with Gasteiger partial charge in [0.05, 0.1) is 12.5 Å². The molecule has 3 aromatic heterocycles. The average molecular weight is 433 g/mol. The third-order valence-corrected chi connectivity index (χ3v) is 4.37. The van der Waals surface area contributed by atoms with Gasteiger partial charge in [-0.1, -0.05) is 0 Å². The number of furan rings is 3. The molecule has 1 atom stereocenters. The summed E-state index contributed by atoms with van der Waals surface area (Å²) in [5.74, 6) is -0.0809. The van der Waals surface area contributed by atoms with Crippen LogP contribution >= 0.6 is 15.9 Å². The van der Waals surface area contributed by atoms with E-state index in [4.69, 9.17) is 18.0 Å². The molecule has 1 aliphatic heterocycles. The first kappa shape index (κ1) is 17.3. The maximum Gasteiger partial charge on any atom is 0.374 e. The zero-order valence-electron chi connectivity index (χ0n) is 13.8. The normalized spacial score (nSPS) is 16.4. The first-order valence-electron chi connectivity index (χ1n) is 8.01. The van der Waals surface area contributed by atoms with Gasteiger partial charge in [0, 0.05) is 6.42 Å². The number of hydrazone groups is 1. The molecule has 0 aromatic carbocycles. The highest BCUT2D eigenvalue weighted by Crippen LogP contribution is 2.33. The molecular weight excluding hydrogens is 420 g/mol. The van der Waals surface area contributed by atoms with Crippen LogP contribution < -0.4 is 0 Å². The third-order valence-electron chi connectivity index (χ3n) is 3.94. The topological polar surface area (TPSA) is 98.4 Å². The van der Waals surface area contributed by atoms with E-state index in [1.54, 1.807) is 30.3 Å². The minimum absolute atomic E-state index is 0.00143. The van der Waals surface area contributed by atoms with E-state index in [2.05, 4.69) is 21.0 Å². The Morgan fingerprint density at radius 1 is 1.19 bits per heavy atom. The number of hydrogen-bond donors (Lipinski definition) is 0. The van der Waals surface area contributed by atoms with Gasteiger partial charge < -0.3 is 18.0 Å². The van der Waals surface area contributed by atoms with Gasteiger partial charge in [0.2, 0.25) is 5.76 Å². The number of esters is 1. The second-order valence-corrected chi connectivity index (χ2v) is 6.46. The summed E-state index contributed by atoms with van der Waals surface area (Å²) in [6, 6.07) is 9.57. The van der Waals surface area contributed by atoms with Gasteiger partial charge in [-0.15, -0.1) is 0 Å². The van der Waals surface area contributed by atoms with Gasteiger partial charge >= 0.3 is 5.97 Å². The maximum atomic E-state index is 12.6. The molecule has 0 aliphatic carbocycles. The molecular formula is C18H13BrN2O6. The monoisotopic (exact) mass is 432 g/mol. The Bertz CT molecular complexity index is 974. The highest BCUT2D eigenvalue weighted by molar-refractivity contribution is 9.10. The third kappa shape index (κ3) is 3.59. The van der Waals surface area contributed by atoms with Crippen LogP contribution in [0.5, 0.6) is 0 Å². The van der Waals surface area contributed by atoms with Crippen molar-refractivity contribution in [1.29, 1.82) is 0 Å². The molecule has 0 spiro atoms. The molecule has 1 amide bonds. The van der Waals surface area contributed by atoms with Crippen LogP contribution in [0, 0.1) is 0 Å². The summed E-state index contributed by atoms with van der Waals surface area (Å²) in [6.45, 7) is -0.483. The maximum absolute atomic E-state index is 12.6. The summed E-state index contributed by atoms with van der Waals surface area (Å²) in [4.78, 5) is 24.6. The smallest absolute Gasteiger partial charge is 0.374 e. The van der Waals surface area contributed by atoms with E-state index < -0.39 is 24.5 Å². The number of hydrogen-bond acceptors (Lipinski definition) is 7. The minimum atomic E-state index is -0.738. The van der Waals surface area contributed by atoms with E-state index in [0.29, 0.717) is 28.3 Å². The molecule has 138 valence electrons. The van der Waals surface area contributed by atoms with Crippen LogP contribution in [0.15, 0.2) is 71.9 Å². The fourth-order valence-corrected chi connectivity index (χ4v) is 3.03. The van der Waals surface area contributed by atoms with Crippen molar-refractivity contribution in [2.45, 2.75) is 12.5 Å². The number of halogens is 1. The Hall–Kier alpha value is -3.07. The first-order chi connectivity index (χ1) is 13.1. The van der Waals surface area contributed by atoms with Crippen molar-refractivity contribution < 1.29 is 27.6 Å². The predicted octanol–water partition coefficient (Wildman–Crippen LogP) is 3.76. The lowest BCUT2D eigenvalue weighted by Gasteiger charge is -2.19. The molecule has 3 aromatic rings. The number of rotatable bonds is 5. The molecule has 0 N–H and O–H groups in total. The van der Waals surface area contributed by atoms with Crippen molar-refractivity contribution in [2.75, 3.05) is 6.61 Å².